The molecule has 0 radical (unpaired) electrons. The van der Waals surface area contributed by atoms with Crippen molar-refractivity contribution in [2.24, 2.45) is 5.10 Å². The minimum Gasteiger partial charge on any atom is -0.504 e. The highest BCUT2D eigenvalue weighted by Crippen LogP contribution is 2.28. The number of rotatable bonds is 5. The van der Waals surface area contributed by atoms with Crippen LogP contribution >= 0.6 is 23.2 Å². The third kappa shape index (κ3) is 4.39. The molecule has 2 aromatic carbocycles. The Morgan fingerprint density at radius 1 is 1.22 bits per heavy atom. The number of ether oxygens (including phenoxy) is 1. The molecule has 9 heteroatoms. The van der Waals surface area contributed by atoms with Gasteiger partial charge in [0.15, 0.2) is 11.5 Å². The normalized spacial score (nSPS) is 10.9. The molecule has 0 aliphatic rings. The molecule has 3 rings (SSSR count). The lowest BCUT2D eigenvalue weighted by Gasteiger charge is -2.03. The molecule has 27 heavy (non-hydrogen) atoms. The second-order valence-corrected chi connectivity index (χ2v) is 6.24. The van der Waals surface area contributed by atoms with Gasteiger partial charge in [-0.25, -0.2) is 5.43 Å². The van der Waals surface area contributed by atoms with E-state index < -0.39 is 5.91 Å². The Hall–Kier alpha value is -3.03. The first kappa shape index (κ1) is 18.8. The molecular weight excluding hydrogens is 391 g/mol. The van der Waals surface area contributed by atoms with Crippen LogP contribution in [0.25, 0.3) is 11.3 Å². The van der Waals surface area contributed by atoms with Crippen LogP contribution in [0, 0.1) is 0 Å². The monoisotopic (exact) mass is 404 g/mol. The zero-order chi connectivity index (χ0) is 19.4. The minimum atomic E-state index is -0.462. The van der Waals surface area contributed by atoms with E-state index in [1.165, 1.54) is 19.4 Å². The summed E-state index contributed by atoms with van der Waals surface area (Å²) in [5.41, 5.74) is 4.54. The summed E-state index contributed by atoms with van der Waals surface area (Å²) in [4.78, 5) is 12.2. The van der Waals surface area contributed by atoms with Crippen molar-refractivity contribution in [1.82, 2.24) is 15.6 Å². The van der Waals surface area contributed by atoms with Gasteiger partial charge in [0, 0.05) is 5.56 Å². The van der Waals surface area contributed by atoms with Gasteiger partial charge in [0.25, 0.3) is 5.91 Å². The summed E-state index contributed by atoms with van der Waals surface area (Å²) >= 11 is 11.9. The Morgan fingerprint density at radius 2 is 2.04 bits per heavy atom. The number of methoxy groups -OCH3 is 1. The number of H-pyrrole nitrogens is 1. The van der Waals surface area contributed by atoms with Crippen LogP contribution in [-0.2, 0) is 0 Å². The number of hydrazone groups is 1. The number of benzene rings is 2. The number of carbonyl (C=O) groups is 1. The SMILES string of the molecule is COc1cc(/C=N\NC(=O)c2cc(-c3ccc(Cl)c(Cl)c3)n[nH]2)ccc1O. The van der Waals surface area contributed by atoms with E-state index in [0.717, 1.165) is 5.56 Å². The third-order valence-corrected chi connectivity index (χ3v) is 4.36. The smallest absolute Gasteiger partial charge is 0.289 e. The Bertz CT molecular complexity index is 1020. The van der Waals surface area contributed by atoms with Gasteiger partial charge in [-0.15, -0.1) is 0 Å². The highest BCUT2D eigenvalue weighted by molar-refractivity contribution is 6.42. The molecule has 138 valence electrons. The summed E-state index contributed by atoms with van der Waals surface area (Å²) in [5, 5.41) is 21.0. The molecule has 0 saturated carbocycles. The van der Waals surface area contributed by atoms with Crippen LogP contribution in [0.1, 0.15) is 16.1 Å². The molecule has 0 bridgehead atoms. The van der Waals surface area contributed by atoms with Crippen LogP contribution in [-0.4, -0.2) is 34.5 Å². The summed E-state index contributed by atoms with van der Waals surface area (Å²) in [6, 6.07) is 11.3. The summed E-state index contributed by atoms with van der Waals surface area (Å²) in [5.74, 6) is -0.133. The number of aromatic hydroxyl groups is 1. The van der Waals surface area contributed by atoms with Crippen molar-refractivity contribution in [2.45, 2.75) is 0 Å². The first-order valence-corrected chi connectivity index (χ1v) is 8.45. The number of aromatic amines is 1. The molecule has 7 nitrogen and oxygen atoms in total. The number of aromatic nitrogens is 2. The zero-order valence-electron chi connectivity index (χ0n) is 14.0. The van der Waals surface area contributed by atoms with Crippen molar-refractivity contribution >= 4 is 35.3 Å². The van der Waals surface area contributed by atoms with E-state index in [4.69, 9.17) is 27.9 Å². The highest BCUT2D eigenvalue weighted by atomic mass is 35.5. The summed E-state index contributed by atoms with van der Waals surface area (Å²) < 4.78 is 5.01. The number of nitrogens with zero attached hydrogens (tertiary/aromatic N) is 2. The maximum atomic E-state index is 12.2. The van der Waals surface area contributed by atoms with E-state index in [1.54, 1.807) is 36.4 Å². The van der Waals surface area contributed by atoms with Gasteiger partial charge in [-0.05, 0) is 42.0 Å². The van der Waals surface area contributed by atoms with E-state index in [-0.39, 0.29) is 11.4 Å². The van der Waals surface area contributed by atoms with Gasteiger partial charge in [0.05, 0.1) is 29.1 Å². The van der Waals surface area contributed by atoms with Crippen LogP contribution in [0.3, 0.4) is 0 Å². The summed E-state index contributed by atoms with van der Waals surface area (Å²) in [7, 11) is 1.45. The largest absolute Gasteiger partial charge is 0.504 e. The number of phenolic OH excluding ortho intramolecular Hbond substituents is 1. The van der Waals surface area contributed by atoms with Gasteiger partial charge in [-0.1, -0.05) is 29.3 Å². The second kappa shape index (κ2) is 8.11. The van der Waals surface area contributed by atoms with E-state index in [1.807, 2.05) is 0 Å². The molecule has 3 aromatic rings. The number of nitrogens with one attached hydrogen (secondary N) is 2. The Balaban J connectivity index is 1.68. The molecule has 0 aliphatic heterocycles. The molecule has 1 heterocycles. The van der Waals surface area contributed by atoms with Crippen molar-refractivity contribution < 1.29 is 14.6 Å². The topological polar surface area (TPSA) is 99.6 Å². The van der Waals surface area contributed by atoms with Gasteiger partial charge >= 0.3 is 0 Å². The van der Waals surface area contributed by atoms with Crippen molar-refractivity contribution in [1.29, 1.82) is 0 Å². The van der Waals surface area contributed by atoms with E-state index in [9.17, 15) is 9.90 Å². The standard InChI is InChI=1S/C18H14Cl2N4O3/c1-27-17-6-10(2-5-16(17)25)9-21-24-18(26)15-8-14(22-23-15)11-3-4-12(19)13(20)7-11/h2-9,25H,1H3,(H,22,23)(H,24,26)/b21-9-. The van der Waals surface area contributed by atoms with Gasteiger partial charge in [0.1, 0.15) is 5.69 Å². The fourth-order valence-electron chi connectivity index (χ4n) is 2.24. The lowest BCUT2D eigenvalue weighted by atomic mass is 10.1. The summed E-state index contributed by atoms with van der Waals surface area (Å²) in [6.07, 6.45) is 1.43. The predicted molar refractivity (Wildman–Crippen MR) is 104 cm³/mol. The fraction of sp³-hybridized carbons (Fsp3) is 0.0556. The second-order valence-electron chi connectivity index (χ2n) is 5.43. The molecular formula is C18H14Cl2N4O3. The molecule has 0 saturated heterocycles. The molecule has 1 aromatic heterocycles. The van der Waals surface area contributed by atoms with Crippen LogP contribution in [0.2, 0.25) is 10.0 Å². The van der Waals surface area contributed by atoms with Crippen molar-refractivity contribution in [3.63, 3.8) is 0 Å². The molecule has 0 atom stereocenters. The minimum absolute atomic E-state index is 0.0194. The Labute approximate surface area is 164 Å². The number of amides is 1. The predicted octanol–water partition coefficient (Wildman–Crippen LogP) is 3.86. The fourth-order valence-corrected chi connectivity index (χ4v) is 2.54. The Morgan fingerprint density at radius 3 is 2.78 bits per heavy atom. The van der Waals surface area contributed by atoms with Gasteiger partial charge < -0.3 is 9.84 Å². The molecule has 3 N–H and O–H groups in total. The van der Waals surface area contributed by atoms with Crippen LogP contribution < -0.4 is 10.2 Å². The third-order valence-electron chi connectivity index (χ3n) is 3.62. The molecule has 0 fully saturated rings. The lowest BCUT2D eigenvalue weighted by molar-refractivity contribution is 0.0950. The maximum absolute atomic E-state index is 12.2. The number of halogens is 2. The van der Waals surface area contributed by atoms with Gasteiger partial charge in [0.2, 0.25) is 0 Å². The number of hydrogen-bond acceptors (Lipinski definition) is 5. The van der Waals surface area contributed by atoms with Crippen LogP contribution in [0.5, 0.6) is 11.5 Å². The Kier molecular flexibility index (Phi) is 5.63. The van der Waals surface area contributed by atoms with Crippen LogP contribution in [0.15, 0.2) is 47.6 Å². The lowest BCUT2D eigenvalue weighted by Crippen LogP contribution is -2.18. The average molecular weight is 405 g/mol. The van der Waals surface area contributed by atoms with E-state index >= 15 is 0 Å². The van der Waals surface area contributed by atoms with E-state index in [0.29, 0.717) is 27.1 Å². The highest BCUT2D eigenvalue weighted by Gasteiger charge is 2.11. The molecule has 0 unspecified atom stereocenters. The zero-order valence-corrected chi connectivity index (χ0v) is 15.5. The summed E-state index contributed by atoms with van der Waals surface area (Å²) in [6.45, 7) is 0. The van der Waals surface area contributed by atoms with Gasteiger partial charge in [-0.3, -0.25) is 9.89 Å². The maximum Gasteiger partial charge on any atom is 0.289 e. The van der Waals surface area contributed by atoms with E-state index in [2.05, 4.69) is 20.7 Å². The quantitative estimate of drug-likeness (QED) is 0.443. The number of phenols is 1. The molecule has 1 amide bonds. The van der Waals surface area contributed by atoms with Crippen molar-refractivity contribution in [2.75, 3.05) is 7.11 Å². The van der Waals surface area contributed by atoms with Crippen molar-refractivity contribution in [3.05, 3.63) is 63.8 Å². The average Bonchev–Trinajstić information content (AvgIpc) is 3.15. The van der Waals surface area contributed by atoms with Crippen LogP contribution in [0.4, 0.5) is 0 Å². The van der Waals surface area contributed by atoms with Crippen molar-refractivity contribution in [3.8, 4) is 22.8 Å². The number of hydrogen-bond donors (Lipinski definition) is 3. The first-order valence-electron chi connectivity index (χ1n) is 7.69. The van der Waals surface area contributed by atoms with Gasteiger partial charge in [-0.2, -0.15) is 10.2 Å². The molecule has 0 spiro atoms. The molecule has 0 aliphatic carbocycles. The number of carbonyl (C=O) groups excluding carboxylic acids is 1. The first-order chi connectivity index (χ1) is 13.0.